The van der Waals surface area contributed by atoms with Gasteiger partial charge in [-0.05, 0) is 32.0 Å². The van der Waals surface area contributed by atoms with Crippen LogP contribution in [-0.2, 0) is 0 Å². The molecule has 1 aromatic rings. The standard InChI is InChI=1S/C10H13/c1-9(2)8-10-6-4-3-5-7-10/h3-9H,1-2H3/q+1. The highest BCUT2D eigenvalue weighted by atomic mass is 14.0. The lowest BCUT2D eigenvalue weighted by Crippen LogP contribution is -1.88. The quantitative estimate of drug-likeness (QED) is 0.544. The second-order valence-corrected chi connectivity index (χ2v) is 2.82. The summed E-state index contributed by atoms with van der Waals surface area (Å²) >= 11 is 0. The van der Waals surface area contributed by atoms with Crippen LogP contribution in [-0.4, -0.2) is 0 Å². The summed E-state index contributed by atoms with van der Waals surface area (Å²) < 4.78 is 0. The fourth-order valence-electron chi connectivity index (χ4n) is 0.949. The van der Waals surface area contributed by atoms with Crippen LogP contribution in [0.25, 0.3) is 0 Å². The van der Waals surface area contributed by atoms with E-state index < -0.39 is 0 Å². The lowest BCUT2D eigenvalue weighted by molar-refractivity contribution is 0.776. The molecule has 0 radical (unpaired) electrons. The Kier molecular flexibility index (Phi) is 2.38. The zero-order valence-corrected chi connectivity index (χ0v) is 6.54. The van der Waals surface area contributed by atoms with Gasteiger partial charge in [-0.25, -0.2) is 0 Å². The van der Waals surface area contributed by atoms with E-state index in [9.17, 15) is 0 Å². The first-order valence-electron chi connectivity index (χ1n) is 3.69. The van der Waals surface area contributed by atoms with Gasteiger partial charge < -0.3 is 0 Å². The number of rotatable bonds is 2. The molecule has 0 nitrogen and oxygen atoms in total. The molecule has 0 heteroatoms. The molecule has 10 heavy (non-hydrogen) atoms. The Morgan fingerprint density at radius 3 is 2.20 bits per heavy atom. The van der Waals surface area contributed by atoms with Crippen LogP contribution in [0.3, 0.4) is 0 Å². The molecule has 0 spiro atoms. The van der Waals surface area contributed by atoms with Crippen molar-refractivity contribution in [1.82, 2.24) is 0 Å². The number of benzene rings is 1. The molecule has 0 amide bonds. The van der Waals surface area contributed by atoms with Crippen LogP contribution in [0.1, 0.15) is 19.4 Å². The van der Waals surface area contributed by atoms with Crippen LogP contribution in [0, 0.1) is 12.3 Å². The predicted molar refractivity (Wildman–Crippen MR) is 44.7 cm³/mol. The zero-order chi connectivity index (χ0) is 7.40. The third-order valence-corrected chi connectivity index (χ3v) is 1.33. The minimum atomic E-state index is 0.641. The first-order valence-corrected chi connectivity index (χ1v) is 3.69. The van der Waals surface area contributed by atoms with Crippen LogP contribution >= 0.6 is 0 Å². The Bertz CT molecular complexity index is 174. The Balaban J connectivity index is 2.59. The maximum Gasteiger partial charge on any atom is 0.130 e. The summed E-state index contributed by atoms with van der Waals surface area (Å²) in [4.78, 5) is 0. The van der Waals surface area contributed by atoms with Gasteiger partial charge in [-0.15, -0.1) is 0 Å². The van der Waals surface area contributed by atoms with Gasteiger partial charge >= 0.3 is 0 Å². The lowest BCUT2D eigenvalue weighted by atomic mass is 10.0. The highest BCUT2D eigenvalue weighted by Gasteiger charge is 2.02. The smallest absolute Gasteiger partial charge is 0.0475 e. The van der Waals surface area contributed by atoms with Gasteiger partial charge in [0.05, 0.1) is 0 Å². The summed E-state index contributed by atoms with van der Waals surface area (Å²) in [5.41, 5.74) is 1.32. The molecule has 0 aliphatic carbocycles. The van der Waals surface area contributed by atoms with E-state index in [2.05, 4.69) is 44.5 Å². The molecule has 0 aromatic heterocycles. The number of hydrogen-bond acceptors (Lipinski definition) is 0. The van der Waals surface area contributed by atoms with Gasteiger partial charge in [0.25, 0.3) is 0 Å². The maximum absolute atomic E-state index is 2.25. The van der Waals surface area contributed by atoms with Gasteiger partial charge in [0.2, 0.25) is 0 Å². The molecule has 0 bridgehead atoms. The van der Waals surface area contributed by atoms with Crippen molar-refractivity contribution in [2.45, 2.75) is 13.8 Å². The van der Waals surface area contributed by atoms with Crippen LogP contribution in [0.15, 0.2) is 30.3 Å². The minimum Gasteiger partial charge on any atom is -0.0475 e. The van der Waals surface area contributed by atoms with Gasteiger partial charge in [-0.2, -0.15) is 0 Å². The highest BCUT2D eigenvalue weighted by molar-refractivity contribution is 5.22. The first kappa shape index (κ1) is 7.20. The number of hydrogen-bond donors (Lipinski definition) is 0. The molecule has 0 unspecified atom stereocenters. The second kappa shape index (κ2) is 3.31. The summed E-state index contributed by atoms with van der Waals surface area (Å²) in [6.45, 7) is 4.38. The Hall–Kier alpha value is -0.910. The Morgan fingerprint density at radius 1 is 1.10 bits per heavy atom. The minimum absolute atomic E-state index is 0.641. The second-order valence-electron chi connectivity index (χ2n) is 2.82. The topological polar surface area (TPSA) is 0 Å². The summed E-state index contributed by atoms with van der Waals surface area (Å²) in [7, 11) is 0. The van der Waals surface area contributed by atoms with Crippen LogP contribution in [0.5, 0.6) is 0 Å². The molecule has 0 heterocycles. The van der Waals surface area contributed by atoms with E-state index in [-0.39, 0.29) is 0 Å². The van der Waals surface area contributed by atoms with Crippen molar-refractivity contribution >= 4 is 0 Å². The maximum atomic E-state index is 2.25. The average Bonchev–Trinajstić information content (AvgIpc) is 1.88. The lowest BCUT2D eigenvalue weighted by Gasteiger charge is -1.94. The molecule has 52 valence electrons. The van der Waals surface area contributed by atoms with Crippen molar-refractivity contribution in [3.8, 4) is 0 Å². The first-order chi connectivity index (χ1) is 4.79. The summed E-state index contributed by atoms with van der Waals surface area (Å²) in [5.74, 6) is 0.641. The largest absolute Gasteiger partial charge is 0.130 e. The van der Waals surface area contributed by atoms with Crippen molar-refractivity contribution in [3.63, 3.8) is 0 Å². The molecule has 1 rings (SSSR count). The fourth-order valence-corrected chi connectivity index (χ4v) is 0.949. The van der Waals surface area contributed by atoms with Crippen LogP contribution in [0.2, 0.25) is 0 Å². The highest BCUT2D eigenvalue weighted by Crippen LogP contribution is 2.08. The van der Waals surface area contributed by atoms with Gasteiger partial charge in [-0.1, -0.05) is 0 Å². The van der Waals surface area contributed by atoms with Gasteiger partial charge in [0, 0.05) is 24.5 Å². The van der Waals surface area contributed by atoms with Gasteiger partial charge in [0.15, 0.2) is 0 Å². The van der Waals surface area contributed by atoms with Gasteiger partial charge in [0.1, 0.15) is 5.56 Å². The molecular formula is C10H13+. The molecule has 0 saturated heterocycles. The van der Waals surface area contributed by atoms with E-state index in [1.165, 1.54) is 5.56 Å². The average molecular weight is 133 g/mol. The van der Waals surface area contributed by atoms with Crippen LogP contribution < -0.4 is 0 Å². The van der Waals surface area contributed by atoms with Crippen LogP contribution in [0.4, 0.5) is 0 Å². The summed E-state index contributed by atoms with van der Waals surface area (Å²) in [5, 5.41) is 0. The molecule has 0 atom stereocenters. The molecule has 0 fully saturated rings. The van der Waals surface area contributed by atoms with E-state index in [0.29, 0.717) is 5.92 Å². The summed E-state index contributed by atoms with van der Waals surface area (Å²) in [6, 6.07) is 10.4. The third kappa shape index (κ3) is 2.14. The zero-order valence-electron chi connectivity index (χ0n) is 6.54. The van der Waals surface area contributed by atoms with E-state index >= 15 is 0 Å². The van der Waals surface area contributed by atoms with Crippen molar-refractivity contribution in [2.24, 2.45) is 5.92 Å². The summed E-state index contributed by atoms with van der Waals surface area (Å²) in [6.07, 6.45) is 2.25. The van der Waals surface area contributed by atoms with E-state index in [1.54, 1.807) is 0 Å². The van der Waals surface area contributed by atoms with Gasteiger partial charge in [-0.3, -0.25) is 0 Å². The normalized spacial score (nSPS) is 9.90. The van der Waals surface area contributed by atoms with E-state index in [0.717, 1.165) is 0 Å². The molecule has 1 aromatic carbocycles. The van der Waals surface area contributed by atoms with Crippen molar-refractivity contribution in [1.29, 1.82) is 0 Å². The molecular weight excluding hydrogens is 120 g/mol. The van der Waals surface area contributed by atoms with E-state index in [4.69, 9.17) is 0 Å². The third-order valence-electron chi connectivity index (χ3n) is 1.33. The van der Waals surface area contributed by atoms with Crippen molar-refractivity contribution in [2.75, 3.05) is 0 Å². The Morgan fingerprint density at radius 2 is 1.70 bits per heavy atom. The van der Waals surface area contributed by atoms with Crippen molar-refractivity contribution in [3.05, 3.63) is 42.3 Å². The SMILES string of the molecule is CC(C)[CH+]c1ccccc1. The molecule has 0 aliphatic heterocycles. The van der Waals surface area contributed by atoms with Crippen molar-refractivity contribution < 1.29 is 0 Å². The molecule has 0 N–H and O–H groups in total. The fraction of sp³-hybridized carbons (Fsp3) is 0.300. The predicted octanol–water partition coefficient (Wildman–Crippen LogP) is 2.89. The molecule has 0 saturated carbocycles. The van der Waals surface area contributed by atoms with E-state index in [1.807, 2.05) is 6.07 Å². The molecule has 0 aliphatic rings. The Labute approximate surface area is 62.9 Å². The monoisotopic (exact) mass is 133 g/mol.